The normalized spacial score (nSPS) is 8.93. The van der Waals surface area contributed by atoms with Crippen molar-refractivity contribution in [2.24, 2.45) is 5.73 Å². The van der Waals surface area contributed by atoms with Gasteiger partial charge >= 0.3 is 5.97 Å². The van der Waals surface area contributed by atoms with E-state index in [1.165, 1.54) is 12.1 Å². The highest BCUT2D eigenvalue weighted by Crippen LogP contribution is 2.12. The summed E-state index contributed by atoms with van der Waals surface area (Å²) in [6.07, 6.45) is 0. The van der Waals surface area contributed by atoms with E-state index in [4.69, 9.17) is 16.6 Å². The van der Waals surface area contributed by atoms with Gasteiger partial charge in [0.15, 0.2) is 0 Å². The van der Waals surface area contributed by atoms with Crippen LogP contribution in [0.1, 0.15) is 15.9 Å². The molecule has 0 fully saturated rings. The van der Waals surface area contributed by atoms with Gasteiger partial charge in [-0.25, -0.2) is 4.79 Å². The number of rotatable bonds is 1. The summed E-state index contributed by atoms with van der Waals surface area (Å²) in [7, 11) is 0. The van der Waals surface area contributed by atoms with Crippen LogP contribution in [0.2, 0.25) is 0 Å². The Labute approximate surface area is 81.5 Å². The molecule has 1 aromatic carbocycles. The third-order valence-electron chi connectivity index (χ3n) is 1.62. The molecule has 14 heavy (non-hydrogen) atoms. The zero-order valence-corrected chi connectivity index (χ0v) is 7.45. The highest BCUT2D eigenvalue weighted by Gasteiger charge is 2.04. The Morgan fingerprint density at radius 2 is 2.21 bits per heavy atom. The number of carbonyl (C=O) groups is 1. The van der Waals surface area contributed by atoms with E-state index in [9.17, 15) is 4.79 Å². The number of aromatic carboxylic acids is 1. The quantitative estimate of drug-likeness (QED) is 0.438. The summed E-state index contributed by atoms with van der Waals surface area (Å²) in [4.78, 5) is 10.6. The van der Waals surface area contributed by atoms with Crippen LogP contribution >= 0.6 is 0 Å². The van der Waals surface area contributed by atoms with Crippen molar-refractivity contribution in [2.45, 2.75) is 0 Å². The molecule has 0 saturated heterocycles. The van der Waals surface area contributed by atoms with Crippen molar-refractivity contribution < 1.29 is 9.90 Å². The maximum Gasteiger partial charge on any atom is 0.335 e. The first-order chi connectivity index (χ1) is 6.65. The number of anilines is 1. The van der Waals surface area contributed by atoms with Crippen LogP contribution in [-0.2, 0) is 0 Å². The topological polar surface area (TPSA) is 89.3 Å². The molecular formula is C10H10N2O2. The maximum atomic E-state index is 10.6. The predicted molar refractivity (Wildman–Crippen MR) is 53.7 cm³/mol. The number of hydrogen-bond acceptors (Lipinski definition) is 3. The largest absolute Gasteiger partial charge is 0.478 e. The van der Waals surface area contributed by atoms with Crippen LogP contribution in [0.15, 0.2) is 18.2 Å². The first-order valence-electron chi connectivity index (χ1n) is 3.97. The van der Waals surface area contributed by atoms with E-state index in [1.807, 2.05) is 0 Å². The van der Waals surface area contributed by atoms with Crippen molar-refractivity contribution in [3.63, 3.8) is 0 Å². The molecule has 0 spiro atoms. The fraction of sp³-hybridized carbons (Fsp3) is 0.100. The minimum Gasteiger partial charge on any atom is -0.478 e. The van der Waals surface area contributed by atoms with Gasteiger partial charge in [-0.2, -0.15) is 0 Å². The van der Waals surface area contributed by atoms with Crippen LogP contribution in [0, 0.1) is 11.8 Å². The molecule has 0 aromatic heterocycles. The Bertz CT molecular complexity index is 416. The summed E-state index contributed by atoms with van der Waals surface area (Å²) in [5.41, 5.74) is 11.9. The number of hydrogen-bond donors (Lipinski definition) is 3. The van der Waals surface area contributed by atoms with Gasteiger partial charge < -0.3 is 16.6 Å². The molecule has 0 atom stereocenters. The molecular weight excluding hydrogens is 180 g/mol. The van der Waals surface area contributed by atoms with Crippen LogP contribution in [0.4, 0.5) is 5.69 Å². The monoisotopic (exact) mass is 190 g/mol. The van der Waals surface area contributed by atoms with Gasteiger partial charge in [0.05, 0.1) is 12.1 Å². The lowest BCUT2D eigenvalue weighted by molar-refractivity contribution is 0.0697. The number of carboxylic acids is 1. The first-order valence-corrected chi connectivity index (χ1v) is 3.97. The lowest BCUT2D eigenvalue weighted by Gasteiger charge is -1.99. The SMILES string of the molecule is NCC#Cc1ccc(C(=O)O)cc1N. The predicted octanol–water partition coefficient (Wildman–Crippen LogP) is 0.277. The van der Waals surface area contributed by atoms with E-state index in [2.05, 4.69) is 11.8 Å². The van der Waals surface area contributed by atoms with E-state index in [0.717, 1.165) is 0 Å². The molecule has 4 heteroatoms. The Morgan fingerprint density at radius 3 is 2.71 bits per heavy atom. The summed E-state index contributed by atoms with van der Waals surface area (Å²) in [5, 5.41) is 8.66. The zero-order valence-electron chi connectivity index (χ0n) is 7.45. The van der Waals surface area contributed by atoms with E-state index >= 15 is 0 Å². The minimum absolute atomic E-state index is 0.154. The van der Waals surface area contributed by atoms with Gasteiger partial charge in [-0.1, -0.05) is 11.8 Å². The molecule has 0 aliphatic rings. The van der Waals surface area contributed by atoms with Crippen molar-refractivity contribution in [1.82, 2.24) is 0 Å². The summed E-state index contributed by atoms with van der Waals surface area (Å²) in [6.45, 7) is 0.250. The molecule has 0 heterocycles. The van der Waals surface area contributed by atoms with Crippen LogP contribution in [-0.4, -0.2) is 17.6 Å². The van der Waals surface area contributed by atoms with Crippen LogP contribution in [0.3, 0.4) is 0 Å². The van der Waals surface area contributed by atoms with Crippen molar-refractivity contribution in [1.29, 1.82) is 0 Å². The molecule has 5 N–H and O–H groups in total. The van der Waals surface area contributed by atoms with Crippen molar-refractivity contribution in [3.05, 3.63) is 29.3 Å². The summed E-state index contributed by atoms with van der Waals surface area (Å²) in [5.74, 6) is 4.39. The summed E-state index contributed by atoms with van der Waals surface area (Å²) < 4.78 is 0. The first kappa shape index (κ1) is 10.1. The number of nitrogen functional groups attached to an aromatic ring is 1. The van der Waals surface area contributed by atoms with Gasteiger partial charge in [0.1, 0.15) is 0 Å². The number of nitrogens with two attached hydrogens (primary N) is 2. The smallest absolute Gasteiger partial charge is 0.335 e. The van der Waals surface area contributed by atoms with Gasteiger partial charge in [0.25, 0.3) is 0 Å². The van der Waals surface area contributed by atoms with Gasteiger partial charge in [-0.05, 0) is 18.2 Å². The Kier molecular flexibility index (Phi) is 3.10. The molecule has 1 aromatic rings. The second-order valence-electron chi connectivity index (χ2n) is 2.61. The average Bonchev–Trinajstić information content (AvgIpc) is 2.15. The molecule has 1 rings (SSSR count). The molecule has 0 aliphatic carbocycles. The molecule has 0 bridgehead atoms. The van der Waals surface area contributed by atoms with Crippen molar-refractivity contribution in [3.8, 4) is 11.8 Å². The summed E-state index contributed by atoms with van der Waals surface area (Å²) in [6, 6.07) is 4.41. The molecule has 4 nitrogen and oxygen atoms in total. The molecule has 72 valence electrons. The average molecular weight is 190 g/mol. The number of carboxylic acid groups (broad SMARTS) is 1. The maximum absolute atomic E-state index is 10.6. The fourth-order valence-electron chi connectivity index (χ4n) is 0.956. The lowest BCUT2D eigenvalue weighted by Crippen LogP contribution is -1.99. The highest BCUT2D eigenvalue weighted by atomic mass is 16.4. The van der Waals surface area contributed by atoms with Gasteiger partial charge in [-0.15, -0.1) is 0 Å². The summed E-state index contributed by atoms with van der Waals surface area (Å²) >= 11 is 0. The zero-order chi connectivity index (χ0) is 10.6. The highest BCUT2D eigenvalue weighted by molar-refractivity contribution is 5.89. The van der Waals surface area contributed by atoms with Gasteiger partial charge in [0.2, 0.25) is 0 Å². The lowest BCUT2D eigenvalue weighted by atomic mass is 10.1. The van der Waals surface area contributed by atoms with Crippen LogP contribution < -0.4 is 11.5 Å². The standard InChI is InChI=1S/C10H10N2O2/c11-5-1-2-7-3-4-8(10(13)14)6-9(7)12/h3-4,6H,5,11-12H2,(H,13,14). The second-order valence-corrected chi connectivity index (χ2v) is 2.61. The van der Waals surface area contributed by atoms with Crippen LogP contribution in [0.25, 0.3) is 0 Å². The Morgan fingerprint density at radius 1 is 1.50 bits per heavy atom. The molecule has 0 radical (unpaired) electrons. The third kappa shape index (κ3) is 2.25. The molecule has 0 saturated carbocycles. The van der Waals surface area contributed by atoms with Crippen LogP contribution in [0.5, 0.6) is 0 Å². The third-order valence-corrected chi connectivity index (χ3v) is 1.62. The second kappa shape index (κ2) is 4.30. The number of benzene rings is 1. The Hall–Kier alpha value is -1.99. The van der Waals surface area contributed by atoms with E-state index < -0.39 is 5.97 Å². The van der Waals surface area contributed by atoms with E-state index in [1.54, 1.807) is 6.07 Å². The van der Waals surface area contributed by atoms with Gasteiger partial charge in [-0.3, -0.25) is 0 Å². The van der Waals surface area contributed by atoms with E-state index in [-0.39, 0.29) is 12.1 Å². The molecule has 0 unspecified atom stereocenters. The van der Waals surface area contributed by atoms with Gasteiger partial charge in [0, 0.05) is 11.3 Å². The van der Waals surface area contributed by atoms with Crippen molar-refractivity contribution >= 4 is 11.7 Å². The van der Waals surface area contributed by atoms with E-state index in [0.29, 0.717) is 11.3 Å². The minimum atomic E-state index is -1.00. The van der Waals surface area contributed by atoms with Crippen molar-refractivity contribution in [2.75, 3.05) is 12.3 Å². The molecule has 0 aliphatic heterocycles. The molecule has 0 amide bonds. The Balaban J connectivity index is 3.07. The fourth-order valence-corrected chi connectivity index (χ4v) is 0.956.